The molecule has 0 aliphatic rings. The third-order valence-electron chi connectivity index (χ3n) is 1.74. The van der Waals surface area contributed by atoms with Crippen molar-refractivity contribution >= 4 is 11.8 Å². The Morgan fingerprint density at radius 3 is 2.79 bits per heavy atom. The summed E-state index contributed by atoms with van der Waals surface area (Å²) in [5, 5.41) is 0. The molecule has 0 saturated heterocycles. The van der Waals surface area contributed by atoms with Gasteiger partial charge in [0.25, 0.3) is 0 Å². The molecule has 0 fully saturated rings. The van der Waals surface area contributed by atoms with Crippen molar-refractivity contribution < 1.29 is 8.78 Å². The first-order valence-electron chi connectivity index (χ1n) is 4.42. The molecule has 1 aromatic carbocycles. The summed E-state index contributed by atoms with van der Waals surface area (Å²) in [7, 11) is 0. The molecule has 0 amide bonds. The van der Waals surface area contributed by atoms with E-state index in [4.69, 9.17) is 5.73 Å². The van der Waals surface area contributed by atoms with Crippen molar-refractivity contribution in [2.24, 2.45) is 5.73 Å². The summed E-state index contributed by atoms with van der Waals surface area (Å²) in [6.07, 6.45) is -2.27. The van der Waals surface area contributed by atoms with Gasteiger partial charge in [0.15, 0.2) is 0 Å². The van der Waals surface area contributed by atoms with Crippen LogP contribution in [-0.2, 0) is 6.54 Å². The van der Waals surface area contributed by atoms with E-state index >= 15 is 0 Å². The second-order valence-corrected chi connectivity index (χ2v) is 4.05. The van der Waals surface area contributed by atoms with E-state index in [2.05, 4.69) is 0 Å². The van der Waals surface area contributed by atoms with Gasteiger partial charge in [0.2, 0.25) is 6.43 Å². The summed E-state index contributed by atoms with van der Waals surface area (Å²) in [5.41, 5.74) is 6.50. The zero-order valence-electron chi connectivity index (χ0n) is 7.75. The number of rotatable bonds is 5. The fourth-order valence-electron chi connectivity index (χ4n) is 1.03. The quantitative estimate of drug-likeness (QED) is 0.767. The van der Waals surface area contributed by atoms with Crippen LogP contribution >= 0.6 is 11.8 Å². The number of hydrogen-bond acceptors (Lipinski definition) is 2. The minimum atomic E-state index is -2.21. The lowest BCUT2D eigenvalue weighted by Crippen LogP contribution is -1.96. The molecule has 1 rings (SSSR count). The largest absolute Gasteiger partial charge is 0.326 e. The Kier molecular flexibility index (Phi) is 4.90. The minimum absolute atomic E-state index is 0.0580. The molecule has 0 spiro atoms. The highest BCUT2D eigenvalue weighted by atomic mass is 32.2. The summed E-state index contributed by atoms with van der Waals surface area (Å²) in [5.74, 6) is 0.450. The molecule has 0 radical (unpaired) electrons. The molecule has 14 heavy (non-hydrogen) atoms. The van der Waals surface area contributed by atoms with E-state index in [1.54, 1.807) is 0 Å². The average molecular weight is 217 g/mol. The van der Waals surface area contributed by atoms with Crippen molar-refractivity contribution in [3.63, 3.8) is 0 Å². The molecule has 2 N–H and O–H groups in total. The van der Waals surface area contributed by atoms with Gasteiger partial charge in [0.05, 0.1) is 0 Å². The van der Waals surface area contributed by atoms with Gasteiger partial charge in [0.1, 0.15) is 0 Å². The zero-order valence-corrected chi connectivity index (χ0v) is 8.57. The number of thioether (sulfide) groups is 1. The first kappa shape index (κ1) is 11.5. The van der Waals surface area contributed by atoms with Crippen LogP contribution in [0.15, 0.2) is 29.2 Å². The minimum Gasteiger partial charge on any atom is -0.326 e. The maximum absolute atomic E-state index is 11.8. The van der Waals surface area contributed by atoms with Gasteiger partial charge in [-0.3, -0.25) is 0 Å². The Morgan fingerprint density at radius 2 is 2.14 bits per heavy atom. The second kappa shape index (κ2) is 5.98. The van der Waals surface area contributed by atoms with Crippen molar-refractivity contribution in [2.45, 2.75) is 24.3 Å². The average Bonchev–Trinajstić information content (AvgIpc) is 2.18. The van der Waals surface area contributed by atoms with Crippen molar-refractivity contribution in [1.82, 2.24) is 0 Å². The van der Waals surface area contributed by atoms with Gasteiger partial charge in [0, 0.05) is 23.6 Å². The van der Waals surface area contributed by atoms with Gasteiger partial charge >= 0.3 is 0 Å². The number of halogens is 2. The van der Waals surface area contributed by atoms with E-state index in [-0.39, 0.29) is 6.42 Å². The maximum atomic E-state index is 11.8. The van der Waals surface area contributed by atoms with Crippen LogP contribution in [0.25, 0.3) is 0 Å². The van der Waals surface area contributed by atoms with E-state index in [9.17, 15) is 8.78 Å². The number of benzene rings is 1. The number of hydrogen-bond donors (Lipinski definition) is 1. The Hall–Kier alpha value is -0.610. The van der Waals surface area contributed by atoms with E-state index in [1.165, 1.54) is 11.8 Å². The fraction of sp³-hybridized carbons (Fsp3) is 0.400. The first-order chi connectivity index (χ1) is 6.72. The molecule has 0 bridgehead atoms. The molecule has 0 aliphatic carbocycles. The molecular formula is C10H13F2NS. The van der Waals surface area contributed by atoms with Gasteiger partial charge in [-0.05, 0) is 17.7 Å². The van der Waals surface area contributed by atoms with Crippen molar-refractivity contribution in [3.05, 3.63) is 29.8 Å². The van der Waals surface area contributed by atoms with Gasteiger partial charge in [-0.15, -0.1) is 11.8 Å². The Bertz CT molecular complexity index is 279. The highest BCUT2D eigenvalue weighted by Crippen LogP contribution is 2.20. The molecule has 0 unspecified atom stereocenters. The molecule has 1 aromatic rings. The lowest BCUT2D eigenvalue weighted by Gasteiger charge is -2.03. The first-order valence-corrected chi connectivity index (χ1v) is 5.41. The van der Waals surface area contributed by atoms with Crippen LogP contribution in [-0.4, -0.2) is 12.2 Å². The monoisotopic (exact) mass is 217 g/mol. The van der Waals surface area contributed by atoms with Crippen LogP contribution in [0.2, 0.25) is 0 Å². The molecule has 0 saturated carbocycles. The third kappa shape index (κ3) is 4.07. The Labute approximate surface area is 86.7 Å². The summed E-state index contributed by atoms with van der Waals surface area (Å²) < 4.78 is 23.7. The highest BCUT2D eigenvalue weighted by Gasteiger charge is 2.02. The normalized spacial score (nSPS) is 10.9. The third-order valence-corrected chi connectivity index (χ3v) is 2.77. The van der Waals surface area contributed by atoms with Gasteiger partial charge in [-0.25, -0.2) is 8.78 Å². The van der Waals surface area contributed by atoms with Crippen molar-refractivity contribution in [3.8, 4) is 0 Å². The topological polar surface area (TPSA) is 26.0 Å². The predicted octanol–water partition coefficient (Wildman–Crippen LogP) is 2.89. The van der Waals surface area contributed by atoms with Crippen LogP contribution in [0.5, 0.6) is 0 Å². The SMILES string of the molecule is NCc1cccc(SCCC(F)F)c1. The highest BCUT2D eigenvalue weighted by molar-refractivity contribution is 7.99. The molecule has 0 aliphatic heterocycles. The summed E-state index contributed by atoms with van der Waals surface area (Å²) in [6, 6.07) is 7.68. The molecule has 4 heteroatoms. The van der Waals surface area contributed by atoms with E-state index in [1.807, 2.05) is 24.3 Å². The number of nitrogens with two attached hydrogens (primary N) is 1. The maximum Gasteiger partial charge on any atom is 0.239 e. The molecule has 78 valence electrons. The predicted molar refractivity (Wildman–Crippen MR) is 55.7 cm³/mol. The molecule has 0 heterocycles. The Morgan fingerprint density at radius 1 is 1.36 bits per heavy atom. The van der Waals surface area contributed by atoms with Gasteiger partial charge < -0.3 is 5.73 Å². The van der Waals surface area contributed by atoms with E-state index in [0.717, 1.165) is 10.5 Å². The van der Waals surface area contributed by atoms with Gasteiger partial charge in [-0.1, -0.05) is 12.1 Å². The van der Waals surface area contributed by atoms with Crippen LogP contribution in [0, 0.1) is 0 Å². The summed E-state index contributed by atoms with van der Waals surface area (Å²) in [4.78, 5) is 1.01. The molecule has 0 aromatic heterocycles. The summed E-state index contributed by atoms with van der Waals surface area (Å²) >= 11 is 1.44. The smallest absolute Gasteiger partial charge is 0.239 e. The fourth-order valence-corrected chi connectivity index (χ4v) is 1.97. The van der Waals surface area contributed by atoms with Crippen LogP contribution < -0.4 is 5.73 Å². The van der Waals surface area contributed by atoms with Crippen LogP contribution in [0.3, 0.4) is 0 Å². The number of alkyl halides is 2. The molecular weight excluding hydrogens is 204 g/mol. The van der Waals surface area contributed by atoms with E-state index in [0.29, 0.717) is 12.3 Å². The zero-order chi connectivity index (χ0) is 10.4. The summed E-state index contributed by atoms with van der Waals surface area (Å²) in [6.45, 7) is 0.489. The Balaban J connectivity index is 2.42. The molecule has 1 nitrogen and oxygen atoms in total. The second-order valence-electron chi connectivity index (χ2n) is 2.88. The van der Waals surface area contributed by atoms with Crippen LogP contribution in [0.1, 0.15) is 12.0 Å². The van der Waals surface area contributed by atoms with Gasteiger partial charge in [-0.2, -0.15) is 0 Å². The lowest BCUT2D eigenvalue weighted by atomic mass is 10.2. The van der Waals surface area contributed by atoms with Crippen molar-refractivity contribution in [1.29, 1.82) is 0 Å². The van der Waals surface area contributed by atoms with E-state index < -0.39 is 6.43 Å². The standard InChI is InChI=1S/C10H13F2NS/c11-10(12)4-5-14-9-3-1-2-8(6-9)7-13/h1-3,6,10H,4-5,7,13H2. The lowest BCUT2D eigenvalue weighted by molar-refractivity contribution is 0.145. The van der Waals surface area contributed by atoms with Crippen molar-refractivity contribution in [2.75, 3.05) is 5.75 Å². The van der Waals surface area contributed by atoms with Crippen LogP contribution in [0.4, 0.5) is 8.78 Å². The molecule has 0 atom stereocenters.